The van der Waals surface area contributed by atoms with Gasteiger partial charge in [-0.3, -0.25) is 24.2 Å². The van der Waals surface area contributed by atoms with Gasteiger partial charge in [-0.05, 0) is 88.4 Å². The number of hydrogen-bond acceptors (Lipinski definition) is 7. The summed E-state index contributed by atoms with van der Waals surface area (Å²) in [6.45, 7) is 15.2. The smallest absolute Gasteiger partial charge is 0.329 e. The Labute approximate surface area is 333 Å². The highest BCUT2D eigenvalue weighted by Crippen LogP contribution is 2.31. The third kappa shape index (κ3) is 12.5. The Morgan fingerprint density at radius 3 is 2.13 bits per heavy atom. The van der Waals surface area contributed by atoms with Crippen LogP contribution in [0, 0.1) is 11.3 Å². The van der Waals surface area contributed by atoms with E-state index >= 15 is 0 Å². The molecule has 1 aromatic carbocycles. The number of amides is 3. The number of likely N-dealkylation sites (tertiary alicyclic amines) is 3. The van der Waals surface area contributed by atoms with Crippen molar-refractivity contribution in [1.82, 2.24) is 24.9 Å². The van der Waals surface area contributed by atoms with E-state index in [1.807, 2.05) is 70.1 Å². The number of nitrogens with zero attached hydrogens (tertiary/aromatic N) is 4. The van der Waals surface area contributed by atoms with E-state index in [0.29, 0.717) is 19.5 Å². The predicted octanol–water partition coefficient (Wildman–Crippen LogP) is 7.37. The van der Waals surface area contributed by atoms with Gasteiger partial charge in [0.05, 0.1) is 12.1 Å². The van der Waals surface area contributed by atoms with E-state index in [-0.39, 0.29) is 53.8 Å². The second-order valence-corrected chi connectivity index (χ2v) is 18.1. The molecule has 0 saturated carbocycles. The van der Waals surface area contributed by atoms with Crippen molar-refractivity contribution in [2.24, 2.45) is 11.3 Å². The Kier molecular flexibility index (Phi) is 17.5. The maximum absolute atomic E-state index is 14.4. The zero-order chi connectivity index (χ0) is 40.1. The number of unbranched alkanes of at least 4 members (excludes halogenated alkanes) is 6. The average molecular weight is 766 g/mol. The molecule has 1 aromatic rings. The first kappa shape index (κ1) is 44.7. The van der Waals surface area contributed by atoms with Crippen molar-refractivity contribution in [2.75, 3.05) is 40.3 Å². The summed E-state index contributed by atoms with van der Waals surface area (Å²) in [7, 11) is 3.83. The fourth-order valence-corrected chi connectivity index (χ4v) is 8.94. The molecule has 1 N–H and O–H groups in total. The van der Waals surface area contributed by atoms with Crippen LogP contribution in [0.25, 0.3) is 0 Å². The summed E-state index contributed by atoms with van der Waals surface area (Å²) in [5, 5.41) is 3.16. The molecule has 4 rings (SSSR count). The summed E-state index contributed by atoms with van der Waals surface area (Å²) in [5.74, 6) is -0.374. The first-order chi connectivity index (χ1) is 26.2. The highest BCUT2D eigenvalue weighted by atomic mass is 16.5. The van der Waals surface area contributed by atoms with Crippen molar-refractivity contribution < 1.29 is 23.9 Å². The van der Waals surface area contributed by atoms with E-state index in [1.165, 1.54) is 32.1 Å². The molecule has 0 bridgehead atoms. The highest BCUT2D eigenvalue weighted by molar-refractivity contribution is 5.91. The first-order valence-corrected chi connectivity index (χ1v) is 21.8. The van der Waals surface area contributed by atoms with Gasteiger partial charge in [0.15, 0.2) is 0 Å². The number of carbonyl (C=O) groups is 4. The standard InChI is InChI=1S/C45H75N5O5/c1-9-10-11-12-13-14-18-28-39(34-23-16-15-17-24-34)55-44(54)37-27-22-31-50(37)42(52)36-26-21-30-49(36)32-38(33(2)3)48(8)43(53)40(45(4,5)6)46-41(51)35-25-19-20-29-47(35)7/h15-17,23-24,33,35-40H,9-14,18-22,25-32H2,1-8H3,(H,46,51)/t35-,36+,37+,38-,39?,40-/m1/s1. The molecule has 10 nitrogen and oxygen atoms in total. The number of likely N-dealkylation sites (N-methyl/N-ethyl adjacent to an activating group) is 2. The van der Waals surface area contributed by atoms with Gasteiger partial charge in [0.1, 0.15) is 18.2 Å². The molecular weight excluding hydrogens is 691 g/mol. The van der Waals surface area contributed by atoms with Crippen molar-refractivity contribution in [3.05, 3.63) is 35.9 Å². The summed E-state index contributed by atoms with van der Waals surface area (Å²) in [4.78, 5) is 64.1. The molecule has 55 heavy (non-hydrogen) atoms. The summed E-state index contributed by atoms with van der Waals surface area (Å²) in [6, 6.07) is 8.02. The average Bonchev–Trinajstić information content (AvgIpc) is 3.85. The Morgan fingerprint density at radius 2 is 1.47 bits per heavy atom. The zero-order valence-corrected chi connectivity index (χ0v) is 35.7. The van der Waals surface area contributed by atoms with Crippen molar-refractivity contribution >= 4 is 23.7 Å². The van der Waals surface area contributed by atoms with Crippen LogP contribution in [0.15, 0.2) is 30.3 Å². The lowest BCUT2D eigenvalue weighted by Crippen LogP contribution is -2.61. The summed E-state index contributed by atoms with van der Waals surface area (Å²) >= 11 is 0. The molecule has 3 aliphatic heterocycles. The second-order valence-electron chi connectivity index (χ2n) is 18.1. The Hall–Kier alpha value is -2.98. The number of benzene rings is 1. The van der Waals surface area contributed by atoms with Gasteiger partial charge in [-0.15, -0.1) is 0 Å². The first-order valence-electron chi connectivity index (χ1n) is 21.8. The molecule has 6 atom stereocenters. The van der Waals surface area contributed by atoms with Crippen LogP contribution < -0.4 is 5.32 Å². The van der Waals surface area contributed by atoms with Gasteiger partial charge < -0.3 is 19.9 Å². The number of carbonyl (C=O) groups excluding carboxylic acids is 4. The minimum Gasteiger partial charge on any atom is -0.456 e. The van der Waals surface area contributed by atoms with Gasteiger partial charge in [-0.25, -0.2) is 4.79 Å². The minimum atomic E-state index is -0.681. The van der Waals surface area contributed by atoms with Crippen molar-refractivity contribution in [2.45, 2.75) is 174 Å². The van der Waals surface area contributed by atoms with E-state index in [4.69, 9.17) is 4.74 Å². The fourth-order valence-electron chi connectivity index (χ4n) is 8.94. The second kappa shape index (κ2) is 21.5. The minimum absolute atomic E-state index is 0.00629. The molecule has 0 aromatic heterocycles. The third-order valence-corrected chi connectivity index (χ3v) is 12.5. The molecule has 0 aliphatic carbocycles. The molecule has 3 saturated heterocycles. The zero-order valence-electron chi connectivity index (χ0n) is 35.7. The van der Waals surface area contributed by atoms with Crippen LogP contribution in [-0.4, -0.2) is 114 Å². The molecule has 3 aliphatic rings. The number of hydrogen-bond donors (Lipinski definition) is 1. The van der Waals surface area contributed by atoms with Crippen LogP contribution in [0.5, 0.6) is 0 Å². The van der Waals surface area contributed by atoms with E-state index in [1.54, 1.807) is 4.90 Å². The lowest BCUT2D eigenvalue weighted by atomic mass is 9.84. The topological polar surface area (TPSA) is 102 Å². The molecule has 0 spiro atoms. The number of esters is 1. The highest BCUT2D eigenvalue weighted by Gasteiger charge is 2.44. The molecule has 310 valence electrons. The van der Waals surface area contributed by atoms with Crippen LogP contribution in [0.3, 0.4) is 0 Å². The van der Waals surface area contributed by atoms with E-state index < -0.39 is 17.5 Å². The molecule has 3 amide bonds. The van der Waals surface area contributed by atoms with Crippen LogP contribution in [-0.2, 0) is 23.9 Å². The van der Waals surface area contributed by atoms with Gasteiger partial charge in [-0.1, -0.05) is 117 Å². The molecule has 10 heteroatoms. The molecule has 3 fully saturated rings. The van der Waals surface area contributed by atoms with Crippen LogP contribution in [0.1, 0.15) is 150 Å². The molecular formula is C45H75N5O5. The van der Waals surface area contributed by atoms with Gasteiger partial charge in [0.25, 0.3) is 0 Å². The van der Waals surface area contributed by atoms with Gasteiger partial charge in [0, 0.05) is 26.2 Å². The van der Waals surface area contributed by atoms with Gasteiger partial charge in [-0.2, -0.15) is 0 Å². The molecule has 0 radical (unpaired) electrons. The third-order valence-electron chi connectivity index (χ3n) is 12.5. The lowest BCUT2D eigenvalue weighted by molar-refractivity contribution is -0.160. The normalized spacial score (nSPS) is 22.7. The van der Waals surface area contributed by atoms with Gasteiger partial charge in [0.2, 0.25) is 17.7 Å². The monoisotopic (exact) mass is 766 g/mol. The van der Waals surface area contributed by atoms with E-state index in [0.717, 1.165) is 76.4 Å². The maximum atomic E-state index is 14.4. The Bertz CT molecular complexity index is 1360. The van der Waals surface area contributed by atoms with Crippen LogP contribution in [0.4, 0.5) is 0 Å². The summed E-state index contributed by atoms with van der Waals surface area (Å²) in [5.41, 5.74) is 0.516. The predicted molar refractivity (Wildman–Crippen MR) is 220 cm³/mol. The molecule has 3 heterocycles. The Balaban J connectivity index is 1.41. The van der Waals surface area contributed by atoms with Crippen molar-refractivity contribution in [3.63, 3.8) is 0 Å². The SMILES string of the molecule is CCCCCCCCCC(OC(=O)[C@@H]1CCCN1C(=O)[C@@H]1CCCN1C[C@H](C(C)C)N(C)C(=O)[C@@H](NC(=O)[C@H]1CCCCN1C)C(C)(C)C)c1ccccc1. The number of piperidine rings is 1. The lowest BCUT2D eigenvalue weighted by Gasteiger charge is -2.41. The summed E-state index contributed by atoms with van der Waals surface area (Å²) in [6.07, 6.45) is 14.7. The fraction of sp³-hybridized carbons (Fsp3) is 0.778. The van der Waals surface area contributed by atoms with Crippen LogP contribution in [0.2, 0.25) is 0 Å². The Morgan fingerprint density at radius 1 is 0.836 bits per heavy atom. The molecule has 1 unspecified atom stereocenters. The number of rotatable bonds is 19. The van der Waals surface area contributed by atoms with Crippen LogP contribution >= 0.6 is 0 Å². The summed E-state index contributed by atoms with van der Waals surface area (Å²) < 4.78 is 6.29. The van der Waals surface area contributed by atoms with E-state index in [9.17, 15) is 19.2 Å². The largest absolute Gasteiger partial charge is 0.456 e. The van der Waals surface area contributed by atoms with E-state index in [2.05, 4.69) is 35.9 Å². The van der Waals surface area contributed by atoms with Crippen molar-refractivity contribution in [3.8, 4) is 0 Å². The van der Waals surface area contributed by atoms with Crippen molar-refractivity contribution in [1.29, 1.82) is 0 Å². The number of ether oxygens (including phenoxy) is 1. The maximum Gasteiger partial charge on any atom is 0.329 e. The van der Waals surface area contributed by atoms with Gasteiger partial charge >= 0.3 is 5.97 Å². The number of nitrogens with one attached hydrogen (secondary N) is 1. The quantitative estimate of drug-likeness (QED) is 0.116.